The van der Waals surface area contributed by atoms with E-state index in [1.165, 1.54) is 23.6 Å². The number of hydrogen-bond donors (Lipinski definition) is 2. The van der Waals surface area contributed by atoms with E-state index < -0.39 is 5.43 Å². The van der Waals surface area contributed by atoms with Crippen LogP contribution in [0.3, 0.4) is 0 Å². The number of rotatable bonds is 4. The number of thiazole rings is 1. The number of aromatic nitrogens is 2. The van der Waals surface area contributed by atoms with Gasteiger partial charge in [0.15, 0.2) is 5.75 Å². The van der Waals surface area contributed by atoms with Crippen LogP contribution in [0.15, 0.2) is 22.6 Å². The Labute approximate surface area is 126 Å². The summed E-state index contributed by atoms with van der Waals surface area (Å²) in [6.07, 6.45) is 1.33. The highest BCUT2D eigenvalue weighted by Crippen LogP contribution is 2.21. The van der Waals surface area contributed by atoms with Crippen LogP contribution in [0.25, 0.3) is 0 Å². The van der Waals surface area contributed by atoms with Crippen LogP contribution in [0, 0.1) is 0 Å². The summed E-state index contributed by atoms with van der Waals surface area (Å²) in [5.74, 6) is -0.339. The molecule has 0 aliphatic carbocycles. The van der Waals surface area contributed by atoms with Gasteiger partial charge in [0.25, 0.3) is 5.91 Å². The first-order valence-corrected chi connectivity index (χ1v) is 7.38. The van der Waals surface area contributed by atoms with Crippen molar-refractivity contribution in [3.05, 3.63) is 44.3 Å². The van der Waals surface area contributed by atoms with E-state index in [9.17, 15) is 14.7 Å². The summed E-state index contributed by atoms with van der Waals surface area (Å²) in [5.41, 5.74) is 2.58. The van der Waals surface area contributed by atoms with Crippen molar-refractivity contribution < 1.29 is 9.90 Å². The Morgan fingerprint density at radius 3 is 2.90 bits per heavy atom. The lowest BCUT2D eigenvalue weighted by Crippen LogP contribution is -2.25. The van der Waals surface area contributed by atoms with Crippen LogP contribution in [0.2, 0.25) is 0 Å². The van der Waals surface area contributed by atoms with Gasteiger partial charge in [-0.25, -0.2) is 4.98 Å². The molecule has 2 aromatic rings. The van der Waals surface area contributed by atoms with Crippen molar-refractivity contribution in [2.45, 2.75) is 26.3 Å². The zero-order valence-electron chi connectivity index (χ0n) is 12.1. The highest BCUT2D eigenvalue weighted by molar-refractivity contribution is 7.11. The van der Waals surface area contributed by atoms with E-state index in [1.807, 2.05) is 13.8 Å². The SMILES string of the molecule is CC(C)c1ncsc1C(=O)NCc1cc(=O)c(O)cn1C. The fraction of sp³-hybridized carbons (Fsp3) is 0.357. The van der Waals surface area contributed by atoms with Crippen LogP contribution in [-0.4, -0.2) is 20.6 Å². The molecule has 0 fully saturated rings. The van der Waals surface area contributed by atoms with Gasteiger partial charge in [0.05, 0.1) is 17.7 Å². The topological polar surface area (TPSA) is 84.2 Å². The Hall–Kier alpha value is -2.15. The molecule has 0 unspecified atom stereocenters. The molecule has 2 N–H and O–H groups in total. The smallest absolute Gasteiger partial charge is 0.263 e. The first-order chi connectivity index (χ1) is 9.90. The monoisotopic (exact) mass is 307 g/mol. The minimum atomic E-state index is -0.460. The van der Waals surface area contributed by atoms with E-state index in [0.717, 1.165) is 5.69 Å². The second-order valence-corrected chi connectivity index (χ2v) is 5.88. The van der Waals surface area contributed by atoms with E-state index in [4.69, 9.17) is 0 Å². The Morgan fingerprint density at radius 1 is 1.52 bits per heavy atom. The van der Waals surface area contributed by atoms with E-state index in [-0.39, 0.29) is 24.1 Å². The molecule has 0 aromatic carbocycles. The van der Waals surface area contributed by atoms with Crippen molar-refractivity contribution in [2.75, 3.05) is 0 Å². The summed E-state index contributed by atoms with van der Waals surface area (Å²) in [6, 6.07) is 1.31. The maximum Gasteiger partial charge on any atom is 0.263 e. The van der Waals surface area contributed by atoms with Gasteiger partial charge in [0.1, 0.15) is 4.88 Å². The Balaban J connectivity index is 2.13. The molecule has 21 heavy (non-hydrogen) atoms. The predicted molar refractivity (Wildman–Crippen MR) is 80.7 cm³/mol. The van der Waals surface area contributed by atoms with E-state index in [1.54, 1.807) is 17.1 Å². The molecule has 6 nitrogen and oxygen atoms in total. The van der Waals surface area contributed by atoms with Crippen LogP contribution in [-0.2, 0) is 13.6 Å². The van der Waals surface area contributed by atoms with E-state index in [0.29, 0.717) is 10.6 Å². The largest absolute Gasteiger partial charge is 0.503 e. The molecular weight excluding hydrogens is 290 g/mol. The van der Waals surface area contributed by atoms with Crippen molar-refractivity contribution in [3.8, 4) is 5.75 Å². The molecule has 1 amide bonds. The minimum Gasteiger partial charge on any atom is -0.503 e. The van der Waals surface area contributed by atoms with E-state index in [2.05, 4.69) is 10.3 Å². The molecule has 0 radical (unpaired) electrons. The van der Waals surface area contributed by atoms with Crippen LogP contribution >= 0.6 is 11.3 Å². The van der Waals surface area contributed by atoms with Gasteiger partial charge in [-0.3, -0.25) is 9.59 Å². The third-order valence-corrected chi connectivity index (χ3v) is 3.94. The fourth-order valence-electron chi connectivity index (χ4n) is 1.92. The zero-order valence-corrected chi connectivity index (χ0v) is 12.9. The molecular formula is C14H17N3O3S. The lowest BCUT2D eigenvalue weighted by Gasteiger charge is -2.10. The maximum atomic E-state index is 12.2. The molecule has 0 aliphatic heterocycles. The summed E-state index contributed by atoms with van der Waals surface area (Å²) >= 11 is 1.30. The summed E-state index contributed by atoms with van der Waals surface area (Å²) in [4.78, 5) is 28.4. The number of nitrogens with zero attached hydrogens (tertiary/aromatic N) is 2. The average molecular weight is 307 g/mol. The molecule has 0 saturated carbocycles. The van der Waals surface area contributed by atoms with Crippen LogP contribution in [0.4, 0.5) is 0 Å². The van der Waals surface area contributed by atoms with Gasteiger partial charge in [0.2, 0.25) is 5.43 Å². The number of aromatic hydroxyl groups is 1. The number of amides is 1. The van der Waals surface area contributed by atoms with Crippen molar-refractivity contribution in [3.63, 3.8) is 0 Å². The molecule has 0 atom stereocenters. The van der Waals surface area contributed by atoms with Gasteiger partial charge < -0.3 is 15.0 Å². The Kier molecular flexibility index (Phi) is 4.42. The summed E-state index contributed by atoms with van der Waals surface area (Å²) in [7, 11) is 1.70. The summed E-state index contributed by atoms with van der Waals surface area (Å²) < 4.78 is 1.60. The average Bonchev–Trinajstić information content (AvgIpc) is 2.90. The molecule has 7 heteroatoms. The number of hydrogen-bond acceptors (Lipinski definition) is 5. The number of carbonyl (C=O) groups excluding carboxylic acids is 1. The van der Waals surface area contributed by atoms with Crippen LogP contribution in [0.1, 0.15) is 40.8 Å². The second kappa shape index (κ2) is 6.09. The fourth-order valence-corrected chi connectivity index (χ4v) is 2.78. The Morgan fingerprint density at radius 2 is 2.24 bits per heavy atom. The summed E-state index contributed by atoms with van der Waals surface area (Å²) in [5, 5.41) is 12.1. The number of pyridine rings is 1. The molecule has 0 bridgehead atoms. The van der Waals surface area contributed by atoms with Crippen LogP contribution < -0.4 is 10.7 Å². The quantitative estimate of drug-likeness (QED) is 0.898. The first kappa shape index (κ1) is 15.2. The van der Waals surface area contributed by atoms with E-state index >= 15 is 0 Å². The molecule has 0 saturated heterocycles. The predicted octanol–water partition coefficient (Wildman–Crippen LogP) is 1.60. The van der Waals surface area contributed by atoms with Crippen molar-refractivity contribution in [2.24, 2.45) is 7.05 Å². The third-order valence-electron chi connectivity index (χ3n) is 3.10. The molecule has 2 aromatic heterocycles. The lowest BCUT2D eigenvalue weighted by molar-refractivity contribution is 0.0952. The highest BCUT2D eigenvalue weighted by atomic mass is 32.1. The second-order valence-electron chi connectivity index (χ2n) is 5.03. The number of carbonyl (C=O) groups is 1. The van der Waals surface area contributed by atoms with Crippen LogP contribution in [0.5, 0.6) is 5.75 Å². The van der Waals surface area contributed by atoms with Gasteiger partial charge in [-0.05, 0) is 5.92 Å². The van der Waals surface area contributed by atoms with Crippen molar-refractivity contribution in [1.82, 2.24) is 14.9 Å². The van der Waals surface area contributed by atoms with Crippen molar-refractivity contribution >= 4 is 17.2 Å². The molecule has 0 spiro atoms. The zero-order chi connectivity index (χ0) is 15.6. The summed E-state index contributed by atoms with van der Waals surface area (Å²) in [6.45, 7) is 4.17. The first-order valence-electron chi connectivity index (χ1n) is 6.50. The molecule has 2 heterocycles. The van der Waals surface area contributed by atoms with Gasteiger partial charge in [-0.1, -0.05) is 13.8 Å². The van der Waals surface area contributed by atoms with Gasteiger partial charge in [0, 0.05) is 25.0 Å². The number of aryl methyl sites for hydroxylation is 1. The lowest BCUT2D eigenvalue weighted by atomic mass is 10.1. The minimum absolute atomic E-state index is 0.176. The number of nitrogens with one attached hydrogen (secondary N) is 1. The van der Waals surface area contributed by atoms with Crippen molar-refractivity contribution in [1.29, 1.82) is 0 Å². The molecule has 0 aliphatic rings. The van der Waals surface area contributed by atoms with Gasteiger partial charge in [-0.15, -0.1) is 11.3 Å². The normalized spacial score (nSPS) is 10.9. The Bertz CT molecular complexity index is 718. The third kappa shape index (κ3) is 3.30. The highest BCUT2D eigenvalue weighted by Gasteiger charge is 2.17. The van der Waals surface area contributed by atoms with Gasteiger partial charge >= 0.3 is 0 Å². The maximum absolute atomic E-state index is 12.2. The molecule has 112 valence electrons. The van der Waals surface area contributed by atoms with Gasteiger partial charge in [-0.2, -0.15) is 0 Å². The molecule has 2 rings (SSSR count). The standard InChI is InChI=1S/C14H17N3O3S/c1-8(2)12-13(21-7-16-12)14(20)15-5-9-4-10(18)11(19)6-17(9)3/h4,6-8,19H,5H2,1-3H3,(H,15,20).